The summed E-state index contributed by atoms with van der Waals surface area (Å²) >= 11 is 0. The van der Waals surface area contributed by atoms with Gasteiger partial charge in [0.15, 0.2) is 5.79 Å². The topological polar surface area (TPSA) is 92.8 Å². The van der Waals surface area contributed by atoms with Gasteiger partial charge in [0.1, 0.15) is 6.10 Å². The van der Waals surface area contributed by atoms with E-state index in [1.165, 1.54) is 0 Å². The molecule has 1 fully saturated rings. The van der Waals surface area contributed by atoms with Gasteiger partial charge in [0.05, 0.1) is 0 Å². The molecule has 5 nitrogen and oxygen atoms in total. The zero-order chi connectivity index (χ0) is 13.9. The summed E-state index contributed by atoms with van der Waals surface area (Å²) in [5, 5.41) is 20.4. The molecule has 0 spiro atoms. The van der Waals surface area contributed by atoms with Crippen LogP contribution < -0.4 is 5.73 Å². The van der Waals surface area contributed by atoms with Crippen LogP contribution in [0, 0.1) is 5.92 Å². The number of rotatable bonds is 4. The highest BCUT2D eigenvalue weighted by Gasteiger charge is 2.41. The zero-order valence-corrected chi connectivity index (χ0v) is 10.7. The molecule has 2 rings (SSSR count). The predicted molar refractivity (Wildman–Crippen MR) is 69.1 cm³/mol. The molecule has 104 valence electrons. The summed E-state index contributed by atoms with van der Waals surface area (Å²) in [4.78, 5) is 10.7. The van der Waals surface area contributed by atoms with Crippen molar-refractivity contribution in [1.29, 1.82) is 0 Å². The molecule has 1 aromatic rings. The van der Waals surface area contributed by atoms with Crippen LogP contribution in [0.15, 0.2) is 30.3 Å². The van der Waals surface area contributed by atoms with Gasteiger partial charge in [-0.25, -0.2) is 4.79 Å². The quantitative estimate of drug-likeness (QED) is 0.712. The first-order chi connectivity index (χ1) is 8.97. The van der Waals surface area contributed by atoms with Gasteiger partial charge in [-0.3, -0.25) is 0 Å². The van der Waals surface area contributed by atoms with Crippen molar-refractivity contribution in [2.24, 2.45) is 11.7 Å². The van der Waals surface area contributed by atoms with Crippen LogP contribution in [0.25, 0.3) is 0 Å². The Labute approximate surface area is 112 Å². The number of hydrogen-bond donors (Lipinski definition) is 3. The second-order valence-electron chi connectivity index (χ2n) is 5.11. The summed E-state index contributed by atoms with van der Waals surface area (Å²) in [6.07, 6.45) is 0.709. The lowest BCUT2D eigenvalue weighted by molar-refractivity contribution is -0.198. The molecular weight excluding hydrogens is 246 g/mol. The molecule has 2 unspecified atom stereocenters. The summed E-state index contributed by atoms with van der Waals surface area (Å²) in [6.45, 7) is 0. The standard InChI is InChI=1S/C14H19NO4/c15-13(16)19-12-7-6-11(8-12)14(17,18)9-10-4-2-1-3-5-10/h1-5,11-12,17-18H,6-9H2,(H2,15,16). The third-order valence-corrected chi connectivity index (χ3v) is 3.63. The van der Waals surface area contributed by atoms with Gasteiger partial charge in [-0.15, -0.1) is 0 Å². The van der Waals surface area contributed by atoms with E-state index in [0.717, 1.165) is 5.56 Å². The molecule has 1 aliphatic carbocycles. The number of primary amides is 1. The van der Waals surface area contributed by atoms with Gasteiger partial charge in [-0.1, -0.05) is 30.3 Å². The average molecular weight is 265 g/mol. The van der Waals surface area contributed by atoms with Crippen LogP contribution in [0.5, 0.6) is 0 Å². The fourth-order valence-corrected chi connectivity index (χ4v) is 2.67. The maximum atomic E-state index is 10.7. The molecule has 1 aliphatic rings. The van der Waals surface area contributed by atoms with Gasteiger partial charge in [0.25, 0.3) is 0 Å². The number of benzene rings is 1. The molecule has 0 saturated heterocycles. The van der Waals surface area contributed by atoms with E-state index < -0.39 is 11.9 Å². The van der Waals surface area contributed by atoms with Crippen LogP contribution in [-0.4, -0.2) is 28.2 Å². The van der Waals surface area contributed by atoms with Gasteiger partial charge in [0, 0.05) is 12.3 Å². The number of ether oxygens (including phenoxy) is 1. The van der Waals surface area contributed by atoms with E-state index >= 15 is 0 Å². The highest BCUT2D eigenvalue weighted by Crippen LogP contribution is 2.36. The van der Waals surface area contributed by atoms with Crippen LogP contribution in [-0.2, 0) is 11.2 Å². The SMILES string of the molecule is NC(=O)OC1CCC(C(O)(O)Cc2ccccc2)C1. The summed E-state index contributed by atoms with van der Waals surface area (Å²) in [5.41, 5.74) is 5.83. The van der Waals surface area contributed by atoms with Crippen molar-refractivity contribution in [2.75, 3.05) is 0 Å². The van der Waals surface area contributed by atoms with Crippen molar-refractivity contribution >= 4 is 6.09 Å². The molecule has 0 aromatic heterocycles. The van der Waals surface area contributed by atoms with E-state index in [9.17, 15) is 15.0 Å². The maximum absolute atomic E-state index is 10.7. The van der Waals surface area contributed by atoms with Crippen molar-refractivity contribution in [3.05, 3.63) is 35.9 Å². The number of hydrogen-bond acceptors (Lipinski definition) is 4. The molecule has 4 N–H and O–H groups in total. The lowest BCUT2D eigenvalue weighted by Crippen LogP contribution is -2.39. The first kappa shape index (κ1) is 13.8. The highest BCUT2D eigenvalue weighted by atomic mass is 16.6. The Kier molecular flexibility index (Phi) is 4.07. The number of amides is 1. The fourth-order valence-electron chi connectivity index (χ4n) is 2.67. The summed E-state index contributed by atoms with van der Waals surface area (Å²) < 4.78 is 4.90. The Bertz CT molecular complexity index is 432. The summed E-state index contributed by atoms with van der Waals surface area (Å²) in [7, 11) is 0. The number of carbonyl (C=O) groups excluding carboxylic acids is 1. The van der Waals surface area contributed by atoms with Gasteiger partial charge in [-0.05, 0) is 24.8 Å². The molecule has 0 radical (unpaired) electrons. The van der Waals surface area contributed by atoms with Gasteiger partial charge in [0.2, 0.25) is 0 Å². The Morgan fingerprint density at radius 2 is 2.00 bits per heavy atom. The highest BCUT2D eigenvalue weighted by molar-refractivity contribution is 5.64. The molecule has 1 amide bonds. The molecule has 0 heterocycles. The first-order valence-corrected chi connectivity index (χ1v) is 6.42. The number of aliphatic hydroxyl groups is 2. The number of nitrogens with two attached hydrogens (primary N) is 1. The van der Waals surface area contributed by atoms with Crippen LogP contribution in [0.4, 0.5) is 4.79 Å². The molecule has 1 aromatic carbocycles. The molecular formula is C14H19NO4. The van der Waals surface area contributed by atoms with Crippen molar-refractivity contribution < 1.29 is 19.7 Å². The molecule has 0 aliphatic heterocycles. The molecule has 1 saturated carbocycles. The molecule has 2 atom stereocenters. The normalized spacial score (nSPS) is 23.3. The Hall–Kier alpha value is -1.59. The lowest BCUT2D eigenvalue weighted by atomic mass is 9.91. The van der Waals surface area contributed by atoms with Crippen LogP contribution in [0.2, 0.25) is 0 Å². The Balaban J connectivity index is 1.95. The molecule has 19 heavy (non-hydrogen) atoms. The van der Waals surface area contributed by atoms with Crippen LogP contribution in [0.3, 0.4) is 0 Å². The predicted octanol–water partition coefficient (Wildman–Crippen LogP) is 1.17. The minimum Gasteiger partial charge on any atom is -0.446 e. The second kappa shape index (κ2) is 5.59. The van der Waals surface area contributed by atoms with Crippen molar-refractivity contribution in [3.8, 4) is 0 Å². The van der Waals surface area contributed by atoms with E-state index in [2.05, 4.69) is 0 Å². The van der Waals surface area contributed by atoms with E-state index in [1.54, 1.807) is 0 Å². The van der Waals surface area contributed by atoms with E-state index in [4.69, 9.17) is 10.5 Å². The fraction of sp³-hybridized carbons (Fsp3) is 0.500. The Morgan fingerprint density at radius 3 is 2.63 bits per heavy atom. The van der Waals surface area contributed by atoms with Crippen LogP contribution >= 0.6 is 0 Å². The van der Waals surface area contributed by atoms with Crippen LogP contribution in [0.1, 0.15) is 24.8 Å². The average Bonchev–Trinajstić information content (AvgIpc) is 2.78. The Morgan fingerprint density at radius 1 is 1.32 bits per heavy atom. The van der Waals surface area contributed by atoms with Crippen molar-refractivity contribution in [3.63, 3.8) is 0 Å². The number of carbonyl (C=O) groups is 1. The van der Waals surface area contributed by atoms with Crippen molar-refractivity contribution in [2.45, 2.75) is 37.6 Å². The third kappa shape index (κ3) is 3.68. The van der Waals surface area contributed by atoms with Crippen molar-refractivity contribution in [1.82, 2.24) is 0 Å². The smallest absolute Gasteiger partial charge is 0.404 e. The first-order valence-electron chi connectivity index (χ1n) is 6.42. The summed E-state index contributed by atoms with van der Waals surface area (Å²) in [5.74, 6) is -2.09. The third-order valence-electron chi connectivity index (χ3n) is 3.63. The minimum absolute atomic E-state index is 0.168. The maximum Gasteiger partial charge on any atom is 0.404 e. The minimum atomic E-state index is -1.78. The van der Waals surface area contributed by atoms with E-state index in [0.29, 0.717) is 19.3 Å². The van der Waals surface area contributed by atoms with Gasteiger partial charge < -0.3 is 20.7 Å². The van der Waals surface area contributed by atoms with Gasteiger partial charge in [-0.2, -0.15) is 0 Å². The lowest BCUT2D eigenvalue weighted by Gasteiger charge is -2.28. The van der Waals surface area contributed by atoms with E-state index in [-0.39, 0.29) is 18.4 Å². The monoisotopic (exact) mass is 265 g/mol. The second-order valence-corrected chi connectivity index (χ2v) is 5.11. The zero-order valence-electron chi connectivity index (χ0n) is 10.7. The molecule has 5 heteroatoms. The van der Waals surface area contributed by atoms with Gasteiger partial charge >= 0.3 is 6.09 Å². The molecule has 0 bridgehead atoms. The summed E-state index contributed by atoms with van der Waals surface area (Å²) in [6, 6.07) is 9.31. The van der Waals surface area contributed by atoms with E-state index in [1.807, 2.05) is 30.3 Å². The largest absolute Gasteiger partial charge is 0.446 e.